The number of carbonyl (C=O) groups is 2. The number of hydrogen-bond acceptors (Lipinski definition) is 4. The number of amides is 4. The molecule has 3 aliphatic heterocycles. The van der Waals surface area contributed by atoms with Gasteiger partial charge in [0, 0.05) is 75.4 Å². The van der Waals surface area contributed by atoms with Gasteiger partial charge < -0.3 is 19.6 Å². The molecule has 6 nitrogen and oxygen atoms in total. The Morgan fingerprint density at radius 2 is 0.870 bits per heavy atom. The van der Waals surface area contributed by atoms with Crippen molar-refractivity contribution in [2.45, 2.75) is 6.42 Å². The van der Waals surface area contributed by atoms with E-state index in [2.05, 4.69) is 0 Å². The van der Waals surface area contributed by atoms with Crippen LogP contribution in [0.5, 0.6) is 0 Å². The topological polar surface area (TPSA) is 47.1 Å². The van der Waals surface area contributed by atoms with Crippen LogP contribution >= 0.6 is 23.5 Å². The molecule has 3 aliphatic rings. The maximum Gasteiger partial charge on any atom is 0.320 e. The molecule has 8 heteroatoms. The van der Waals surface area contributed by atoms with Gasteiger partial charge in [-0.25, -0.2) is 9.59 Å². The second-order valence-corrected chi connectivity index (χ2v) is 8.54. The van der Waals surface area contributed by atoms with Crippen molar-refractivity contribution in [3.63, 3.8) is 0 Å². The van der Waals surface area contributed by atoms with E-state index in [1.807, 2.05) is 43.1 Å². The highest BCUT2D eigenvalue weighted by Gasteiger charge is 2.28. The summed E-state index contributed by atoms with van der Waals surface area (Å²) in [4.78, 5) is 33.0. The average molecular weight is 359 g/mol. The van der Waals surface area contributed by atoms with Gasteiger partial charge in [0.2, 0.25) is 0 Å². The van der Waals surface area contributed by atoms with Crippen LogP contribution in [-0.4, -0.2) is 107 Å². The summed E-state index contributed by atoms with van der Waals surface area (Å²) in [5.41, 5.74) is 0. The van der Waals surface area contributed by atoms with E-state index in [4.69, 9.17) is 0 Å². The van der Waals surface area contributed by atoms with Crippen molar-refractivity contribution in [1.29, 1.82) is 0 Å². The Bertz CT molecular complexity index is 388. The summed E-state index contributed by atoms with van der Waals surface area (Å²) >= 11 is 3.83. The van der Waals surface area contributed by atoms with Gasteiger partial charge in [-0.2, -0.15) is 23.5 Å². The Hall–Kier alpha value is -0.760. The summed E-state index contributed by atoms with van der Waals surface area (Å²) in [6.45, 7) is 6.28. The molecule has 0 unspecified atom stereocenters. The third-order valence-electron chi connectivity index (χ3n) is 4.60. The van der Waals surface area contributed by atoms with Crippen molar-refractivity contribution in [2.75, 3.05) is 75.4 Å². The Morgan fingerprint density at radius 3 is 1.26 bits per heavy atom. The molecular formula is C15H26N4O2S2. The Balaban J connectivity index is 1.52. The fraction of sp³-hybridized carbons (Fsp3) is 0.867. The standard InChI is InChI=1S/C15H26N4O2S2/c20-14(18-6-10-22-11-7-18)16-2-1-3-17(5-4-16)15(21)19-8-12-23-13-9-19/h1-13H2. The van der Waals surface area contributed by atoms with Gasteiger partial charge >= 0.3 is 12.1 Å². The highest BCUT2D eigenvalue weighted by Crippen LogP contribution is 2.15. The molecule has 3 heterocycles. The molecule has 3 fully saturated rings. The molecule has 0 aliphatic carbocycles. The van der Waals surface area contributed by atoms with Crippen LogP contribution < -0.4 is 0 Å². The zero-order chi connectivity index (χ0) is 16.1. The summed E-state index contributed by atoms with van der Waals surface area (Å²) in [5.74, 6) is 4.16. The minimum atomic E-state index is 0.161. The number of nitrogens with zero attached hydrogens (tertiary/aromatic N) is 4. The van der Waals surface area contributed by atoms with Crippen LogP contribution in [0.4, 0.5) is 9.59 Å². The van der Waals surface area contributed by atoms with E-state index in [0.717, 1.165) is 68.7 Å². The monoisotopic (exact) mass is 358 g/mol. The molecule has 23 heavy (non-hydrogen) atoms. The first-order chi connectivity index (χ1) is 11.3. The molecular weight excluding hydrogens is 332 g/mol. The first-order valence-electron chi connectivity index (χ1n) is 8.49. The van der Waals surface area contributed by atoms with Crippen molar-refractivity contribution in [1.82, 2.24) is 19.6 Å². The molecule has 0 spiro atoms. The lowest BCUT2D eigenvalue weighted by Crippen LogP contribution is -2.49. The molecule has 0 aromatic carbocycles. The lowest BCUT2D eigenvalue weighted by atomic mass is 10.4. The first-order valence-corrected chi connectivity index (χ1v) is 10.8. The second-order valence-electron chi connectivity index (χ2n) is 6.09. The van der Waals surface area contributed by atoms with E-state index in [1.54, 1.807) is 0 Å². The van der Waals surface area contributed by atoms with Crippen molar-refractivity contribution in [3.05, 3.63) is 0 Å². The molecule has 0 aromatic rings. The van der Waals surface area contributed by atoms with Gasteiger partial charge in [0.1, 0.15) is 0 Å². The fourth-order valence-corrected chi connectivity index (χ4v) is 5.02. The van der Waals surface area contributed by atoms with Gasteiger partial charge in [0.05, 0.1) is 0 Å². The molecule has 0 radical (unpaired) electrons. The highest BCUT2D eigenvalue weighted by molar-refractivity contribution is 7.99. The van der Waals surface area contributed by atoms with Crippen LogP contribution in [0.15, 0.2) is 0 Å². The van der Waals surface area contributed by atoms with Gasteiger partial charge in [-0.05, 0) is 6.42 Å². The average Bonchev–Trinajstić information content (AvgIpc) is 2.88. The summed E-state index contributed by atoms with van der Waals surface area (Å²) < 4.78 is 0. The number of carbonyl (C=O) groups excluding carboxylic acids is 2. The van der Waals surface area contributed by atoms with E-state index in [1.165, 1.54) is 0 Å². The maximum absolute atomic E-state index is 12.6. The lowest BCUT2D eigenvalue weighted by molar-refractivity contribution is 0.150. The molecule has 0 bridgehead atoms. The summed E-state index contributed by atoms with van der Waals surface area (Å²) in [5, 5.41) is 0. The first kappa shape index (κ1) is 17.1. The van der Waals surface area contributed by atoms with Crippen molar-refractivity contribution < 1.29 is 9.59 Å². The van der Waals surface area contributed by atoms with Crippen LogP contribution in [-0.2, 0) is 0 Å². The summed E-state index contributed by atoms with van der Waals surface area (Å²) in [7, 11) is 0. The summed E-state index contributed by atoms with van der Waals surface area (Å²) in [6.07, 6.45) is 0.878. The SMILES string of the molecule is O=C(N1CCSCC1)N1CCCN(C(=O)N2CCSCC2)CC1. The van der Waals surface area contributed by atoms with E-state index >= 15 is 0 Å². The predicted molar refractivity (Wildman–Crippen MR) is 96.4 cm³/mol. The van der Waals surface area contributed by atoms with E-state index in [9.17, 15) is 9.59 Å². The quantitative estimate of drug-likeness (QED) is 0.655. The summed E-state index contributed by atoms with van der Waals surface area (Å²) in [6, 6.07) is 0.322. The van der Waals surface area contributed by atoms with Crippen molar-refractivity contribution in [2.24, 2.45) is 0 Å². The van der Waals surface area contributed by atoms with Gasteiger partial charge in [-0.1, -0.05) is 0 Å². The number of thioether (sulfide) groups is 2. The van der Waals surface area contributed by atoms with Crippen LogP contribution in [0.25, 0.3) is 0 Å². The molecule has 0 N–H and O–H groups in total. The molecule has 130 valence electrons. The Kier molecular flexibility index (Phi) is 6.21. The highest BCUT2D eigenvalue weighted by atomic mass is 32.2. The molecule has 4 amide bonds. The van der Waals surface area contributed by atoms with Gasteiger partial charge in [-0.3, -0.25) is 0 Å². The van der Waals surface area contributed by atoms with Gasteiger partial charge in [0.25, 0.3) is 0 Å². The van der Waals surface area contributed by atoms with Crippen molar-refractivity contribution in [3.8, 4) is 0 Å². The van der Waals surface area contributed by atoms with Crippen molar-refractivity contribution >= 4 is 35.6 Å². The van der Waals surface area contributed by atoms with Gasteiger partial charge in [0.15, 0.2) is 0 Å². The maximum atomic E-state index is 12.6. The molecule has 0 saturated carbocycles. The number of rotatable bonds is 0. The van der Waals surface area contributed by atoms with Crippen LogP contribution in [0, 0.1) is 0 Å². The largest absolute Gasteiger partial charge is 0.323 e. The van der Waals surface area contributed by atoms with Gasteiger partial charge in [-0.15, -0.1) is 0 Å². The van der Waals surface area contributed by atoms with Crippen LogP contribution in [0.2, 0.25) is 0 Å². The predicted octanol–water partition coefficient (Wildman–Crippen LogP) is 1.33. The smallest absolute Gasteiger partial charge is 0.320 e. The minimum Gasteiger partial charge on any atom is -0.323 e. The molecule has 3 rings (SSSR count). The molecule has 0 aromatic heterocycles. The number of hydrogen-bond donors (Lipinski definition) is 0. The molecule has 0 atom stereocenters. The van der Waals surface area contributed by atoms with Crippen LogP contribution in [0.3, 0.4) is 0 Å². The van der Waals surface area contributed by atoms with Crippen LogP contribution in [0.1, 0.15) is 6.42 Å². The van der Waals surface area contributed by atoms with E-state index in [0.29, 0.717) is 13.1 Å². The Morgan fingerprint density at radius 1 is 0.522 bits per heavy atom. The second kappa shape index (κ2) is 8.37. The Labute approximate surface area is 146 Å². The fourth-order valence-electron chi connectivity index (χ4n) is 3.21. The zero-order valence-electron chi connectivity index (χ0n) is 13.6. The minimum absolute atomic E-state index is 0.161. The third-order valence-corrected chi connectivity index (χ3v) is 6.49. The third kappa shape index (κ3) is 4.41. The number of urea groups is 2. The zero-order valence-corrected chi connectivity index (χ0v) is 15.2. The molecule has 3 saturated heterocycles. The van der Waals surface area contributed by atoms with E-state index in [-0.39, 0.29) is 12.1 Å². The van der Waals surface area contributed by atoms with E-state index < -0.39 is 0 Å². The normalized spacial score (nSPS) is 23.7. The lowest BCUT2D eigenvalue weighted by Gasteiger charge is -2.33.